The maximum absolute atomic E-state index is 13.7. The molecule has 2 aliphatic rings. The third kappa shape index (κ3) is 4.15. The van der Waals surface area contributed by atoms with E-state index in [4.69, 9.17) is 4.98 Å². The monoisotopic (exact) mass is 433 g/mol. The molecule has 0 saturated heterocycles. The highest BCUT2D eigenvalue weighted by atomic mass is 19.2. The second-order valence-corrected chi connectivity index (χ2v) is 8.57. The van der Waals surface area contributed by atoms with Crippen LogP contribution in [0.1, 0.15) is 51.3 Å². The largest absolute Gasteiger partial charge is 0.322 e. The Morgan fingerprint density at radius 2 is 1.72 bits per heavy atom. The lowest BCUT2D eigenvalue weighted by Gasteiger charge is -2.32. The van der Waals surface area contributed by atoms with Gasteiger partial charge in [-0.3, -0.25) is 14.7 Å². The highest BCUT2D eigenvalue weighted by molar-refractivity contribution is 6.06. The van der Waals surface area contributed by atoms with Crippen LogP contribution in [0.3, 0.4) is 0 Å². The van der Waals surface area contributed by atoms with E-state index in [2.05, 4.69) is 22.3 Å². The van der Waals surface area contributed by atoms with Crippen LogP contribution in [-0.4, -0.2) is 22.3 Å². The number of anilines is 1. The number of amides is 1. The first-order valence-electron chi connectivity index (χ1n) is 11.1. The summed E-state index contributed by atoms with van der Waals surface area (Å²) in [4.78, 5) is 20.7. The molecule has 0 spiro atoms. The van der Waals surface area contributed by atoms with Crippen LogP contribution in [-0.2, 0) is 32.4 Å². The van der Waals surface area contributed by atoms with Crippen molar-refractivity contribution < 1.29 is 13.6 Å². The number of nitrogens with one attached hydrogen (secondary N) is 1. The molecule has 1 amide bonds. The van der Waals surface area contributed by atoms with Crippen LogP contribution in [0.5, 0.6) is 0 Å². The fraction of sp³-hybridized carbons (Fsp3) is 0.308. The molecule has 0 fully saturated rings. The van der Waals surface area contributed by atoms with Crippen molar-refractivity contribution in [2.75, 3.05) is 11.9 Å². The molecule has 2 heterocycles. The summed E-state index contributed by atoms with van der Waals surface area (Å²) in [6.07, 6.45) is 4.58. The van der Waals surface area contributed by atoms with E-state index < -0.39 is 11.6 Å². The van der Waals surface area contributed by atoms with Crippen LogP contribution in [0, 0.1) is 11.6 Å². The van der Waals surface area contributed by atoms with Gasteiger partial charge < -0.3 is 5.32 Å². The van der Waals surface area contributed by atoms with Gasteiger partial charge in [-0.25, -0.2) is 8.78 Å². The molecule has 0 saturated carbocycles. The average Bonchev–Trinajstić information content (AvgIpc) is 2.80. The first kappa shape index (κ1) is 20.8. The van der Waals surface area contributed by atoms with Crippen molar-refractivity contribution in [3.05, 3.63) is 93.8 Å². The predicted molar refractivity (Wildman–Crippen MR) is 119 cm³/mol. The number of nitrogens with zero attached hydrogens (tertiary/aromatic N) is 2. The van der Waals surface area contributed by atoms with Crippen molar-refractivity contribution in [1.29, 1.82) is 0 Å². The number of hydrogen-bond acceptors (Lipinski definition) is 3. The maximum Gasteiger partial charge on any atom is 0.256 e. The Hall–Kier alpha value is -3.12. The number of carbonyl (C=O) groups excluding carboxylic acids is 1. The fourth-order valence-corrected chi connectivity index (χ4v) is 4.80. The second kappa shape index (κ2) is 8.79. The molecule has 0 unspecified atom stereocenters. The van der Waals surface area contributed by atoms with Crippen LogP contribution >= 0.6 is 0 Å². The molecule has 3 aromatic rings. The molecule has 32 heavy (non-hydrogen) atoms. The Bertz CT molecular complexity index is 1160. The Morgan fingerprint density at radius 1 is 0.938 bits per heavy atom. The topological polar surface area (TPSA) is 45.2 Å². The van der Waals surface area contributed by atoms with Gasteiger partial charge in [0, 0.05) is 54.8 Å². The molecule has 1 N–H and O–H groups in total. The molecule has 5 rings (SSSR count). The minimum atomic E-state index is -0.976. The summed E-state index contributed by atoms with van der Waals surface area (Å²) in [5.74, 6) is -2.18. The van der Waals surface area contributed by atoms with Crippen molar-refractivity contribution in [2.45, 2.75) is 45.2 Å². The van der Waals surface area contributed by atoms with Crippen LogP contribution in [0.4, 0.5) is 14.5 Å². The highest BCUT2D eigenvalue weighted by Gasteiger charge is 2.29. The van der Waals surface area contributed by atoms with E-state index in [1.165, 1.54) is 11.6 Å². The van der Waals surface area contributed by atoms with Crippen molar-refractivity contribution in [3.8, 4) is 0 Å². The predicted octanol–water partition coefficient (Wildman–Crippen LogP) is 5.05. The molecular formula is C26H25F2N3O. The SMILES string of the molecule is O=C(Nc1ccc(F)c(F)c1)c1c2c(nc3c1CN(Cc1ccccc1)CC3)CCCC2. The third-order valence-electron chi connectivity index (χ3n) is 6.36. The quantitative estimate of drug-likeness (QED) is 0.626. The maximum atomic E-state index is 13.7. The molecule has 6 heteroatoms. The van der Waals surface area contributed by atoms with Gasteiger partial charge in [0.05, 0.1) is 5.56 Å². The summed E-state index contributed by atoms with van der Waals surface area (Å²) < 4.78 is 27.0. The molecule has 0 atom stereocenters. The van der Waals surface area contributed by atoms with Gasteiger partial charge in [-0.15, -0.1) is 0 Å². The summed E-state index contributed by atoms with van der Waals surface area (Å²) in [5, 5.41) is 2.80. The van der Waals surface area contributed by atoms with Gasteiger partial charge in [-0.1, -0.05) is 30.3 Å². The third-order valence-corrected chi connectivity index (χ3v) is 6.36. The van der Waals surface area contributed by atoms with Crippen molar-refractivity contribution in [3.63, 3.8) is 0 Å². The zero-order valence-electron chi connectivity index (χ0n) is 17.8. The molecule has 4 nitrogen and oxygen atoms in total. The first-order chi connectivity index (χ1) is 15.6. The molecule has 1 aromatic heterocycles. The molecule has 0 radical (unpaired) electrons. The standard InChI is InChI=1S/C26H25F2N3O/c27-21-11-10-18(14-22(21)28)29-26(32)25-19-8-4-5-9-23(19)30-24-12-13-31(16-20(24)25)15-17-6-2-1-3-7-17/h1-3,6-7,10-11,14H,4-5,8-9,12-13,15-16H2,(H,29,32). The number of pyridine rings is 1. The zero-order valence-corrected chi connectivity index (χ0v) is 17.8. The molecule has 1 aliphatic carbocycles. The van der Waals surface area contributed by atoms with E-state index in [-0.39, 0.29) is 11.6 Å². The van der Waals surface area contributed by atoms with E-state index >= 15 is 0 Å². The Morgan fingerprint density at radius 3 is 2.53 bits per heavy atom. The zero-order chi connectivity index (χ0) is 22.1. The molecule has 1 aliphatic heterocycles. The second-order valence-electron chi connectivity index (χ2n) is 8.57. The summed E-state index contributed by atoms with van der Waals surface area (Å²) >= 11 is 0. The van der Waals surface area contributed by atoms with Crippen molar-refractivity contribution in [2.24, 2.45) is 0 Å². The molecule has 2 aromatic carbocycles. The minimum absolute atomic E-state index is 0.251. The van der Waals surface area contributed by atoms with Gasteiger partial charge >= 0.3 is 0 Å². The number of hydrogen-bond donors (Lipinski definition) is 1. The lowest BCUT2D eigenvalue weighted by Crippen LogP contribution is -2.34. The van der Waals surface area contributed by atoms with E-state index in [0.717, 1.165) is 79.8 Å². The first-order valence-corrected chi connectivity index (χ1v) is 11.1. The molecule has 164 valence electrons. The average molecular weight is 434 g/mol. The smallest absolute Gasteiger partial charge is 0.256 e. The van der Waals surface area contributed by atoms with Gasteiger partial charge in [0.25, 0.3) is 5.91 Å². The summed E-state index contributed by atoms with van der Waals surface area (Å²) in [5.41, 5.74) is 6.14. The lowest BCUT2D eigenvalue weighted by atomic mass is 9.86. The molecular weight excluding hydrogens is 408 g/mol. The van der Waals surface area contributed by atoms with Gasteiger partial charge in [0.1, 0.15) is 0 Å². The number of fused-ring (bicyclic) bond motifs is 2. The molecule has 0 bridgehead atoms. The summed E-state index contributed by atoms with van der Waals surface area (Å²) in [7, 11) is 0. The minimum Gasteiger partial charge on any atom is -0.322 e. The van der Waals surface area contributed by atoms with Gasteiger partial charge in [-0.2, -0.15) is 0 Å². The number of halogens is 2. The van der Waals surface area contributed by atoms with E-state index in [9.17, 15) is 13.6 Å². The van der Waals surface area contributed by atoms with Gasteiger partial charge in [-0.05, 0) is 48.9 Å². The summed E-state index contributed by atoms with van der Waals surface area (Å²) in [6.45, 7) is 2.34. The highest BCUT2D eigenvalue weighted by Crippen LogP contribution is 2.32. The van der Waals surface area contributed by atoms with E-state index in [1.807, 2.05) is 18.2 Å². The van der Waals surface area contributed by atoms with Crippen molar-refractivity contribution >= 4 is 11.6 Å². The van der Waals surface area contributed by atoms with Crippen LogP contribution in [0.15, 0.2) is 48.5 Å². The Balaban J connectivity index is 1.49. The van der Waals surface area contributed by atoms with E-state index in [0.29, 0.717) is 12.1 Å². The van der Waals surface area contributed by atoms with Crippen LogP contribution in [0.2, 0.25) is 0 Å². The number of aryl methyl sites for hydroxylation is 1. The number of rotatable bonds is 4. The Kier molecular flexibility index (Phi) is 5.70. The van der Waals surface area contributed by atoms with Crippen LogP contribution < -0.4 is 5.32 Å². The lowest BCUT2D eigenvalue weighted by molar-refractivity contribution is 0.102. The Labute approximate surface area is 186 Å². The van der Waals surface area contributed by atoms with Gasteiger partial charge in [0.15, 0.2) is 11.6 Å². The normalized spacial score (nSPS) is 15.7. The van der Waals surface area contributed by atoms with Crippen LogP contribution in [0.25, 0.3) is 0 Å². The number of benzene rings is 2. The summed E-state index contributed by atoms with van der Waals surface area (Å²) in [6, 6.07) is 13.7. The van der Waals surface area contributed by atoms with E-state index in [1.54, 1.807) is 0 Å². The van der Waals surface area contributed by atoms with Gasteiger partial charge in [0.2, 0.25) is 0 Å². The fourth-order valence-electron chi connectivity index (χ4n) is 4.80. The van der Waals surface area contributed by atoms with Crippen molar-refractivity contribution in [1.82, 2.24) is 9.88 Å². The number of aromatic nitrogens is 1. The number of carbonyl (C=O) groups is 1.